The summed E-state index contributed by atoms with van der Waals surface area (Å²) in [6.45, 7) is 1.28. The molecule has 6 nitrogen and oxygen atoms in total. The van der Waals surface area contributed by atoms with Crippen LogP contribution in [0.15, 0.2) is 54.6 Å². The van der Waals surface area contributed by atoms with Gasteiger partial charge in [-0.05, 0) is 36.2 Å². The number of carbonyl (C=O) groups is 2. The zero-order chi connectivity index (χ0) is 18.8. The van der Waals surface area contributed by atoms with E-state index < -0.39 is 6.03 Å². The smallest absolute Gasteiger partial charge is 0.333 e. The Bertz CT molecular complexity index is 707. The molecule has 0 atom stereocenters. The lowest BCUT2D eigenvalue weighted by Crippen LogP contribution is -2.47. The minimum Gasteiger partial charge on any atom is -0.375 e. The summed E-state index contributed by atoms with van der Waals surface area (Å²) in [6, 6.07) is 15.1. The van der Waals surface area contributed by atoms with Gasteiger partial charge in [0.15, 0.2) is 0 Å². The van der Waals surface area contributed by atoms with Crippen LogP contribution in [-0.4, -0.2) is 32.1 Å². The van der Waals surface area contributed by atoms with Gasteiger partial charge in [0.1, 0.15) is 5.82 Å². The van der Waals surface area contributed by atoms with Crippen molar-refractivity contribution in [3.05, 3.63) is 66.0 Å². The summed E-state index contributed by atoms with van der Waals surface area (Å²) in [5.74, 6) is -0.736. The Hall–Kier alpha value is -3.09. The molecule has 0 fully saturated rings. The molecule has 0 spiro atoms. The van der Waals surface area contributed by atoms with E-state index in [2.05, 4.69) is 21.1 Å². The Kier molecular flexibility index (Phi) is 7.42. The van der Waals surface area contributed by atoms with Gasteiger partial charge >= 0.3 is 6.03 Å². The van der Waals surface area contributed by atoms with Crippen molar-refractivity contribution in [3.8, 4) is 0 Å². The van der Waals surface area contributed by atoms with E-state index in [0.29, 0.717) is 12.1 Å². The van der Waals surface area contributed by atoms with Crippen molar-refractivity contribution in [3.63, 3.8) is 0 Å². The van der Waals surface area contributed by atoms with Crippen molar-refractivity contribution in [2.45, 2.75) is 12.8 Å². The Morgan fingerprint density at radius 1 is 1.00 bits per heavy atom. The average molecular weight is 358 g/mol. The first-order valence-corrected chi connectivity index (χ1v) is 8.38. The highest BCUT2D eigenvalue weighted by Gasteiger charge is 2.06. The molecule has 0 aliphatic carbocycles. The molecule has 0 aliphatic rings. The molecule has 0 heterocycles. The van der Waals surface area contributed by atoms with Crippen LogP contribution in [0.25, 0.3) is 0 Å². The number of hydrazine groups is 1. The van der Waals surface area contributed by atoms with Crippen LogP contribution in [0.2, 0.25) is 0 Å². The largest absolute Gasteiger partial charge is 0.375 e. The molecule has 0 saturated heterocycles. The Balaban J connectivity index is 1.58. The van der Waals surface area contributed by atoms with Gasteiger partial charge in [0.05, 0.1) is 6.42 Å². The van der Waals surface area contributed by atoms with E-state index in [4.69, 9.17) is 0 Å². The van der Waals surface area contributed by atoms with Crippen molar-refractivity contribution in [2.75, 3.05) is 25.0 Å². The topological polar surface area (TPSA) is 73.5 Å². The van der Waals surface area contributed by atoms with Gasteiger partial charge in [0, 0.05) is 25.8 Å². The van der Waals surface area contributed by atoms with Gasteiger partial charge in [-0.25, -0.2) is 14.6 Å². The standard InChI is InChI=1S/C19H23FN4O2/c1-24(17-6-3-2-4-7-17)13-5-12-21-19(26)23-22-18(25)14-15-8-10-16(20)11-9-15/h2-4,6-11H,5,12-14H2,1H3,(H,22,25)(H2,21,23,26). The Morgan fingerprint density at radius 3 is 2.38 bits per heavy atom. The van der Waals surface area contributed by atoms with E-state index in [-0.39, 0.29) is 18.1 Å². The monoisotopic (exact) mass is 358 g/mol. The normalized spacial score (nSPS) is 10.1. The molecule has 3 N–H and O–H groups in total. The molecular weight excluding hydrogens is 335 g/mol. The van der Waals surface area contributed by atoms with Gasteiger partial charge in [-0.3, -0.25) is 10.2 Å². The summed E-state index contributed by atoms with van der Waals surface area (Å²) in [7, 11) is 1.99. The fourth-order valence-electron chi connectivity index (χ4n) is 2.33. The average Bonchev–Trinajstić information content (AvgIpc) is 2.66. The van der Waals surface area contributed by atoms with Crippen molar-refractivity contribution < 1.29 is 14.0 Å². The SMILES string of the molecule is CN(CCCNC(=O)NNC(=O)Cc1ccc(F)cc1)c1ccccc1. The number of halogens is 1. The highest BCUT2D eigenvalue weighted by molar-refractivity contribution is 5.82. The van der Waals surface area contributed by atoms with Crippen LogP contribution in [0.3, 0.4) is 0 Å². The fourth-order valence-corrected chi connectivity index (χ4v) is 2.33. The first-order chi connectivity index (χ1) is 12.5. The van der Waals surface area contributed by atoms with E-state index in [1.54, 1.807) is 0 Å². The minimum atomic E-state index is -0.472. The zero-order valence-corrected chi connectivity index (χ0v) is 14.7. The van der Waals surface area contributed by atoms with Crippen molar-refractivity contribution in [1.29, 1.82) is 0 Å². The molecule has 2 aromatic carbocycles. The maximum atomic E-state index is 12.8. The first-order valence-electron chi connectivity index (χ1n) is 8.38. The Morgan fingerprint density at radius 2 is 1.69 bits per heavy atom. The summed E-state index contributed by atoms with van der Waals surface area (Å²) < 4.78 is 12.8. The number of anilines is 1. The molecular formula is C19H23FN4O2. The summed E-state index contributed by atoms with van der Waals surface area (Å²) in [4.78, 5) is 25.5. The highest BCUT2D eigenvalue weighted by atomic mass is 19.1. The van der Waals surface area contributed by atoms with Gasteiger partial charge < -0.3 is 10.2 Å². The third kappa shape index (κ3) is 6.80. The molecule has 3 amide bonds. The van der Waals surface area contributed by atoms with Crippen molar-refractivity contribution in [1.82, 2.24) is 16.2 Å². The lowest BCUT2D eigenvalue weighted by Gasteiger charge is -2.19. The molecule has 2 aromatic rings. The number of amides is 3. The summed E-state index contributed by atoms with van der Waals surface area (Å²) in [6.07, 6.45) is 0.824. The van der Waals surface area contributed by atoms with Crippen LogP contribution < -0.4 is 21.1 Å². The number of hydrogen-bond donors (Lipinski definition) is 3. The number of hydrogen-bond acceptors (Lipinski definition) is 3. The molecule has 2 rings (SSSR count). The molecule has 0 bridgehead atoms. The van der Waals surface area contributed by atoms with Gasteiger partial charge in [-0.15, -0.1) is 0 Å². The van der Waals surface area contributed by atoms with Crippen molar-refractivity contribution >= 4 is 17.6 Å². The van der Waals surface area contributed by atoms with Crippen molar-refractivity contribution in [2.24, 2.45) is 0 Å². The maximum absolute atomic E-state index is 12.8. The second-order valence-electron chi connectivity index (χ2n) is 5.84. The predicted octanol–water partition coefficient (Wildman–Crippen LogP) is 2.23. The van der Waals surface area contributed by atoms with Gasteiger partial charge in [0.2, 0.25) is 5.91 Å². The summed E-state index contributed by atoms with van der Waals surface area (Å²) in [5, 5.41) is 2.68. The number of para-hydroxylation sites is 1. The maximum Gasteiger partial charge on any atom is 0.333 e. The highest BCUT2D eigenvalue weighted by Crippen LogP contribution is 2.10. The molecule has 26 heavy (non-hydrogen) atoms. The van der Waals surface area contributed by atoms with E-state index in [1.807, 2.05) is 37.4 Å². The fraction of sp³-hybridized carbons (Fsp3) is 0.263. The van der Waals surface area contributed by atoms with Gasteiger partial charge in [0.25, 0.3) is 0 Å². The van der Waals surface area contributed by atoms with Gasteiger partial charge in [-0.1, -0.05) is 30.3 Å². The quantitative estimate of drug-likeness (QED) is 0.525. The van der Waals surface area contributed by atoms with Crippen LogP contribution in [-0.2, 0) is 11.2 Å². The molecule has 138 valence electrons. The Labute approximate surface area is 152 Å². The van der Waals surface area contributed by atoms with E-state index >= 15 is 0 Å². The van der Waals surface area contributed by atoms with Crippen LogP contribution in [0.1, 0.15) is 12.0 Å². The van der Waals surface area contributed by atoms with E-state index in [0.717, 1.165) is 18.7 Å². The lowest BCUT2D eigenvalue weighted by atomic mass is 10.1. The van der Waals surface area contributed by atoms with Gasteiger partial charge in [-0.2, -0.15) is 0 Å². The van der Waals surface area contributed by atoms with E-state index in [9.17, 15) is 14.0 Å². The number of nitrogens with zero attached hydrogens (tertiary/aromatic N) is 1. The van der Waals surface area contributed by atoms with Crippen LogP contribution in [0.4, 0.5) is 14.9 Å². The first kappa shape index (κ1) is 19.2. The number of nitrogens with one attached hydrogen (secondary N) is 3. The molecule has 0 saturated carbocycles. The zero-order valence-electron chi connectivity index (χ0n) is 14.7. The van der Waals surface area contributed by atoms with Crippen LogP contribution in [0.5, 0.6) is 0 Å². The second-order valence-corrected chi connectivity index (χ2v) is 5.84. The predicted molar refractivity (Wildman–Crippen MR) is 99.1 cm³/mol. The lowest BCUT2D eigenvalue weighted by molar-refractivity contribution is -0.121. The van der Waals surface area contributed by atoms with Crippen LogP contribution >= 0.6 is 0 Å². The number of rotatable bonds is 7. The molecule has 0 radical (unpaired) electrons. The number of urea groups is 1. The molecule has 0 unspecified atom stereocenters. The summed E-state index contributed by atoms with van der Waals surface area (Å²) >= 11 is 0. The third-order valence-corrected chi connectivity index (χ3v) is 3.75. The third-order valence-electron chi connectivity index (χ3n) is 3.75. The number of carbonyl (C=O) groups excluding carboxylic acids is 2. The summed E-state index contributed by atoms with van der Waals surface area (Å²) in [5.41, 5.74) is 6.39. The molecule has 0 aromatic heterocycles. The minimum absolute atomic E-state index is 0.0580. The van der Waals surface area contributed by atoms with E-state index in [1.165, 1.54) is 24.3 Å². The van der Waals surface area contributed by atoms with Crippen LogP contribution in [0, 0.1) is 5.82 Å². The molecule has 0 aliphatic heterocycles. The second kappa shape index (κ2) is 10.0. The number of benzene rings is 2. The molecule has 7 heteroatoms.